The lowest BCUT2D eigenvalue weighted by Gasteiger charge is -2.36. The van der Waals surface area contributed by atoms with E-state index in [1.165, 1.54) is 26.0 Å². The van der Waals surface area contributed by atoms with Crippen LogP contribution in [0.2, 0.25) is 0 Å². The molecule has 0 amide bonds. The minimum atomic E-state index is -1.37. The van der Waals surface area contributed by atoms with Crippen molar-refractivity contribution in [1.29, 1.82) is 0 Å². The van der Waals surface area contributed by atoms with Gasteiger partial charge in [-0.05, 0) is 26.0 Å². The number of pyridine rings is 1. The van der Waals surface area contributed by atoms with E-state index >= 15 is 0 Å². The molecular formula is C26H29F2N7O2. The molecule has 1 aromatic carbocycles. The molecule has 1 aliphatic heterocycles. The summed E-state index contributed by atoms with van der Waals surface area (Å²) in [5.41, 5.74) is 1.97. The van der Waals surface area contributed by atoms with E-state index in [1.807, 2.05) is 13.2 Å². The zero-order chi connectivity index (χ0) is 26.3. The second kappa shape index (κ2) is 9.73. The number of anilines is 1. The quantitative estimate of drug-likeness (QED) is 0.409. The van der Waals surface area contributed by atoms with Crippen molar-refractivity contribution in [1.82, 2.24) is 29.6 Å². The molecule has 0 radical (unpaired) electrons. The van der Waals surface area contributed by atoms with E-state index in [0.29, 0.717) is 66.5 Å². The van der Waals surface area contributed by atoms with E-state index in [9.17, 15) is 19.0 Å². The van der Waals surface area contributed by atoms with Crippen molar-refractivity contribution in [3.8, 4) is 11.3 Å². The lowest BCUT2D eigenvalue weighted by atomic mass is 9.98. The van der Waals surface area contributed by atoms with Crippen LogP contribution in [0.3, 0.4) is 0 Å². The largest absolute Gasteiger partial charge is 0.387 e. The van der Waals surface area contributed by atoms with Crippen LogP contribution in [-0.4, -0.2) is 71.6 Å². The third-order valence-electron chi connectivity index (χ3n) is 6.56. The topological polar surface area (TPSA) is 103 Å². The maximum atomic E-state index is 14.2. The summed E-state index contributed by atoms with van der Waals surface area (Å²) in [6.07, 6.45) is 3.96. The Labute approximate surface area is 213 Å². The molecule has 0 aliphatic carbocycles. The highest BCUT2D eigenvalue weighted by atomic mass is 19.1. The van der Waals surface area contributed by atoms with E-state index in [4.69, 9.17) is 9.97 Å². The van der Waals surface area contributed by atoms with E-state index in [-0.39, 0.29) is 0 Å². The van der Waals surface area contributed by atoms with Crippen LogP contribution in [0.1, 0.15) is 31.2 Å². The van der Waals surface area contributed by atoms with Gasteiger partial charge in [0.05, 0.1) is 29.2 Å². The van der Waals surface area contributed by atoms with E-state index in [0.717, 1.165) is 11.6 Å². The summed E-state index contributed by atoms with van der Waals surface area (Å²) in [6.45, 7) is 5.99. The average Bonchev–Trinajstić information content (AvgIpc) is 3.30. The van der Waals surface area contributed by atoms with Crippen molar-refractivity contribution in [3.63, 3.8) is 0 Å². The van der Waals surface area contributed by atoms with Gasteiger partial charge in [-0.15, -0.1) is 0 Å². The predicted octanol–water partition coefficient (Wildman–Crippen LogP) is 2.83. The number of aryl methyl sites for hydroxylation is 1. The minimum Gasteiger partial charge on any atom is -0.387 e. The molecule has 1 atom stereocenters. The maximum absolute atomic E-state index is 14.2. The highest BCUT2D eigenvalue weighted by molar-refractivity contribution is 5.83. The molecule has 9 nitrogen and oxygen atoms in total. The molecule has 194 valence electrons. The molecule has 1 aliphatic rings. The summed E-state index contributed by atoms with van der Waals surface area (Å²) in [5, 5.41) is 25.0. The number of aliphatic hydroxyl groups is 2. The van der Waals surface area contributed by atoms with Crippen molar-refractivity contribution in [2.45, 2.75) is 32.1 Å². The van der Waals surface area contributed by atoms with Crippen molar-refractivity contribution in [2.24, 2.45) is 7.05 Å². The Bertz CT molecular complexity index is 1430. The first kappa shape index (κ1) is 25.1. The number of hydrogen-bond acceptors (Lipinski definition) is 8. The van der Waals surface area contributed by atoms with Crippen LogP contribution < -0.4 is 4.90 Å². The Kier molecular flexibility index (Phi) is 6.61. The number of nitrogens with zero attached hydrogens (tertiary/aromatic N) is 7. The van der Waals surface area contributed by atoms with Gasteiger partial charge in [0.25, 0.3) is 0 Å². The number of benzene rings is 1. The maximum Gasteiger partial charge on any atom is 0.156 e. The number of hydrogen-bond donors (Lipinski definition) is 2. The molecule has 3 aromatic heterocycles. The number of rotatable bonds is 6. The van der Waals surface area contributed by atoms with Crippen LogP contribution in [0.5, 0.6) is 0 Å². The van der Waals surface area contributed by atoms with Crippen LogP contribution in [-0.2, 0) is 13.6 Å². The first-order valence-corrected chi connectivity index (χ1v) is 12.1. The van der Waals surface area contributed by atoms with Gasteiger partial charge in [-0.3, -0.25) is 14.6 Å². The first-order valence-electron chi connectivity index (χ1n) is 12.1. The van der Waals surface area contributed by atoms with Gasteiger partial charge in [-0.25, -0.2) is 18.7 Å². The molecule has 1 saturated heterocycles. The Balaban J connectivity index is 1.45. The van der Waals surface area contributed by atoms with Crippen LogP contribution in [0.15, 0.2) is 42.9 Å². The molecule has 4 aromatic rings. The fraction of sp³-hybridized carbons (Fsp3) is 0.385. The lowest BCUT2D eigenvalue weighted by molar-refractivity contribution is -0.0516. The van der Waals surface area contributed by atoms with Crippen LogP contribution in [0.4, 0.5) is 14.6 Å². The standard InChI is InChI=1S/C26H29F2N7O2/c1-26(2,37)24(36)21-11-20-22(13-29-21)31-23(17-12-30-33(3)14-17)25(32-20)35-8-6-34(7-9-35)15-16-4-5-18(27)10-19(16)28/h4-5,10-14,24,36-37H,6-9,15H2,1-3H3. The smallest absolute Gasteiger partial charge is 0.156 e. The third kappa shape index (κ3) is 5.29. The fourth-order valence-electron chi connectivity index (χ4n) is 4.44. The Morgan fingerprint density at radius 1 is 1.03 bits per heavy atom. The first-order chi connectivity index (χ1) is 17.6. The normalized spacial score (nSPS) is 15.9. The number of aliphatic hydroxyl groups excluding tert-OH is 1. The Morgan fingerprint density at radius 3 is 2.43 bits per heavy atom. The number of halogens is 2. The Morgan fingerprint density at radius 2 is 1.78 bits per heavy atom. The monoisotopic (exact) mass is 509 g/mol. The molecule has 4 heterocycles. The van der Waals surface area contributed by atoms with Gasteiger partial charge in [0, 0.05) is 63.2 Å². The average molecular weight is 510 g/mol. The second-order valence-corrected chi connectivity index (χ2v) is 9.95. The summed E-state index contributed by atoms with van der Waals surface area (Å²) < 4.78 is 29.1. The molecule has 37 heavy (non-hydrogen) atoms. The minimum absolute atomic E-state index is 0.306. The van der Waals surface area contributed by atoms with Gasteiger partial charge in [0.1, 0.15) is 28.9 Å². The van der Waals surface area contributed by atoms with Crippen LogP contribution in [0, 0.1) is 11.6 Å². The van der Waals surface area contributed by atoms with Crippen molar-refractivity contribution < 1.29 is 19.0 Å². The zero-order valence-electron chi connectivity index (χ0n) is 20.9. The molecule has 5 rings (SSSR count). The number of fused-ring (bicyclic) bond motifs is 1. The van der Waals surface area contributed by atoms with Gasteiger partial charge in [0.2, 0.25) is 0 Å². The summed E-state index contributed by atoms with van der Waals surface area (Å²) in [7, 11) is 1.83. The van der Waals surface area contributed by atoms with Gasteiger partial charge < -0.3 is 15.1 Å². The second-order valence-electron chi connectivity index (χ2n) is 9.95. The highest BCUT2D eigenvalue weighted by Crippen LogP contribution is 2.32. The molecule has 11 heteroatoms. The van der Waals surface area contributed by atoms with Crippen molar-refractivity contribution in [3.05, 3.63) is 65.7 Å². The summed E-state index contributed by atoms with van der Waals surface area (Å²) in [6, 6.07) is 5.32. The molecule has 1 fully saturated rings. The third-order valence-corrected chi connectivity index (χ3v) is 6.56. The van der Waals surface area contributed by atoms with Gasteiger partial charge in [-0.2, -0.15) is 5.10 Å². The summed E-state index contributed by atoms with van der Waals surface area (Å²) >= 11 is 0. The Hall–Kier alpha value is -3.54. The van der Waals surface area contributed by atoms with Gasteiger partial charge in [-0.1, -0.05) is 6.07 Å². The molecular weight excluding hydrogens is 480 g/mol. The van der Waals surface area contributed by atoms with Crippen LogP contribution >= 0.6 is 0 Å². The molecule has 2 N–H and O–H groups in total. The van der Waals surface area contributed by atoms with E-state index in [2.05, 4.69) is 19.9 Å². The number of piperazine rings is 1. The fourth-order valence-corrected chi connectivity index (χ4v) is 4.44. The predicted molar refractivity (Wildman–Crippen MR) is 135 cm³/mol. The van der Waals surface area contributed by atoms with Crippen molar-refractivity contribution in [2.75, 3.05) is 31.1 Å². The SMILES string of the molecule is Cn1cc(-c2nc3cnc(C(O)C(C)(C)O)cc3nc2N2CCN(Cc3ccc(F)cc3F)CC2)cn1. The number of aromatic nitrogens is 5. The molecule has 0 saturated carbocycles. The van der Waals surface area contributed by atoms with E-state index < -0.39 is 23.3 Å². The van der Waals surface area contributed by atoms with E-state index in [1.54, 1.807) is 23.1 Å². The van der Waals surface area contributed by atoms with Gasteiger partial charge in [0.15, 0.2) is 5.82 Å². The molecule has 1 unspecified atom stereocenters. The zero-order valence-corrected chi connectivity index (χ0v) is 20.9. The van der Waals surface area contributed by atoms with Gasteiger partial charge >= 0.3 is 0 Å². The van der Waals surface area contributed by atoms with Crippen molar-refractivity contribution >= 4 is 16.9 Å². The lowest BCUT2D eigenvalue weighted by Crippen LogP contribution is -2.46. The van der Waals surface area contributed by atoms with Crippen LogP contribution in [0.25, 0.3) is 22.3 Å². The summed E-state index contributed by atoms with van der Waals surface area (Å²) in [5.74, 6) is -0.459. The highest BCUT2D eigenvalue weighted by Gasteiger charge is 2.28. The molecule has 0 spiro atoms. The molecule has 0 bridgehead atoms. The summed E-state index contributed by atoms with van der Waals surface area (Å²) in [4.78, 5) is 18.3.